The highest BCUT2D eigenvalue weighted by molar-refractivity contribution is 7.79. The minimum Gasteiger partial charge on any atom is -0.468 e. The molecule has 5 heteroatoms. The summed E-state index contributed by atoms with van der Waals surface area (Å²) >= 11 is 4.09. The molecule has 0 spiro atoms. The van der Waals surface area contributed by atoms with E-state index in [0.717, 1.165) is 31.9 Å². The van der Waals surface area contributed by atoms with Gasteiger partial charge in [0.2, 0.25) is 0 Å². The molecule has 0 aliphatic carbocycles. The Morgan fingerprint density at radius 2 is 2.27 bits per heavy atom. The van der Waals surface area contributed by atoms with E-state index in [0.29, 0.717) is 11.3 Å². The van der Waals surface area contributed by atoms with Crippen LogP contribution in [0.15, 0.2) is 16.7 Å². The number of furan rings is 1. The number of nitrogens with zero attached hydrogens (tertiary/aromatic N) is 1. The third-order valence-electron chi connectivity index (χ3n) is 2.46. The summed E-state index contributed by atoms with van der Waals surface area (Å²) < 4.78 is 5.19. The summed E-state index contributed by atoms with van der Waals surface area (Å²) in [6.45, 7) is 3.26. The summed E-state index contributed by atoms with van der Waals surface area (Å²) in [5.74, 6) is 1.31. The highest BCUT2D eigenvalue weighted by Crippen LogP contribution is 2.12. The Kier molecular flexibility index (Phi) is 3.33. The Labute approximate surface area is 94.0 Å². The largest absolute Gasteiger partial charge is 0.468 e. The molecular formula is C10H14N2O2S. The third kappa shape index (κ3) is 2.35. The molecule has 1 fully saturated rings. The van der Waals surface area contributed by atoms with E-state index in [1.54, 1.807) is 6.07 Å². The van der Waals surface area contributed by atoms with Gasteiger partial charge in [-0.25, -0.2) is 0 Å². The zero-order chi connectivity index (χ0) is 10.7. The van der Waals surface area contributed by atoms with Crippen LogP contribution >= 0.6 is 12.6 Å². The van der Waals surface area contributed by atoms with Crippen molar-refractivity contribution in [3.8, 4) is 0 Å². The first-order valence-corrected chi connectivity index (χ1v) is 5.63. The van der Waals surface area contributed by atoms with Crippen LogP contribution < -0.4 is 5.32 Å². The summed E-state index contributed by atoms with van der Waals surface area (Å²) in [7, 11) is 0. The summed E-state index contributed by atoms with van der Waals surface area (Å²) in [6, 6.07) is 1.76. The second kappa shape index (κ2) is 4.72. The average molecular weight is 226 g/mol. The second-order valence-electron chi connectivity index (χ2n) is 3.50. The Balaban J connectivity index is 2.05. The lowest BCUT2D eigenvalue weighted by atomic mass is 10.2. The molecule has 2 heterocycles. The molecular weight excluding hydrogens is 212 g/mol. The van der Waals surface area contributed by atoms with Gasteiger partial charge in [-0.15, -0.1) is 0 Å². The monoisotopic (exact) mass is 226 g/mol. The van der Waals surface area contributed by atoms with Crippen molar-refractivity contribution < 1.29 is 9.21 Å². The Hall–Kier alpha value is -0.940. The minimum absolute atomic E-state index is 0.0493. The van der Waals surface area contributed by atoms with Gasteiger partial charge in [0.25, 0.3) is 5.91 Å². The normalized spacial score (nSPS) is 16.7. The van der Waals surface area contributed by atoms with Crippen LogP contribution in [0.1, 0.15) is 16.1 Å². The maximum atomic E-state index is 11.9. The van der Waals surface area contributed by atoms with Crippen LogP contribution in [0.4, 0.5) is 0 Å². The van der Waals surface area contributed by atoms with Crippen molar-refractivity contribution in [3.05, 3.63) is 23.7 Å². The average Bonchev–Trinajstić information content (AvgIpc) is 2.78. The maximum Gasteiger partial charge on any atom is 0.257 e. The van der Waals surface area contributed by atoms with Gasteiger partial charge in [0, 0.05) is 31.9 Å². The van der Waals surface area contributed by atoms with E-state index in [1.807, 2.05) is 4.90 Å². The number of carbonyl (C=O) groups is 1. The molecule has 1 aromatic rings. The fourth-order valence-corrected chi connectivity index (χ4v) is 1.79. The molecule has 1 aliphatic heterocycles. The van der Waals surface area contributed by atoms with Gasteiger partial charge in [-0.1, -0.05) is 0 Å². The predicted octanol–water partition coefficient (Wildman–Crippen LogP) is 0.755. The van der Waals surface area contributed by atoms with Gasteiger partial charge in [-0.2, -0.15) is 12.6 Å². The van der Waals surface area contributed by atoms with Gasteiger partial charge >= 0.3 is 0 Å². The number of thiol groups is 1. The Morgan fingerprint density at radius 3 is 2.87 bits per heavy atom. The van der Waals surface area contributed by atoms with Gasteiger partial charge in [0.05, 0.1) is 5.56 Å². The molecule has 15 heavy (non-hydrogen) atoms. The number of amides is 1. The molecule has 1 amide bonds. The van der Waals surface area contributed by atoms with Crippen molar-refractivity contribution in [3.63, 3.8) is 0 Å². The first-order chi connectivity index (χ1) is 7.31. The van der Waals surface area contributed by atoms with E-state index in [2.05, 4.69) is 17.9 Å². The molecule has 82 valence electrons. The SMILES string of the molecule is O=C(c1coc(CS)c1)N1CCNCC1. The first-order valence-electron chi connectivity index (χ1n) is 4.99. The second-order valence-corrected chi connectivity index (χ2v) is 3.82. The molecule has 1 aromatic heterocycles. The number of rotatable bonds is 2. The summed E-state index contributed by atoms with van der Waals surface area (Å²) in [6.07, 6.45) is 1.51. The van der Waals surface area contributed by atoms with Gasteiger partial charge in [0.15, 0.2) is 0 Å². The molecule has 0 saturated carbocycles. The molecule has 0 unspecified atom stereocenters. The number of carbonyl (C=O) groups excluding carboxylic acids is 1. The zero-order valence-corrected chi connectivity index (χ0v) is 9.30. The van der Waals surface area contributed by atoms with E-state index in [-0.39, 0.29) is 5.91 Å². The van der Waals surface area contributed by atoms with Crippen LogP contribution in [0.25, 0.3) is 0 Å². The zero-order valence-electron chi connectivity index (χ0n) is 8.40. The molecule has 0 aromatic carbocycles. The van der Waals surface area contributed by atoms with E-state index in [1.165, 1.54) is 6.26 Å². The third-order valence-corrected chi connectivity index (χ3v) is 2.77. The lowest BCUT2D eigenvalue weighted by Crippen LogP contribution is -2.46. The van der Waals surface area contributed by atoms with Gasteiger partial charge in [-0.3, -0.25) is 4.79 Å². The molecule has 4 nitrogen and oxygen atoms in total. The van der Waals surface area contributed by atoms with Crippen molar-refractivity contribution in [1.29, 1.82) is 0 Å². The van der Waals surface area contributed by atoms with Crippen LogP contribution in [-0.4, -0.2) is 37.0 Å². The van der Waals surface area contributed by atoms with Crippen molar-refractivity contribution in [1.82, 2.24) is 10.2 Å². The van der Waals surface area contributed by atoms with E-state index >= 15 is 0 Å². The van der Waals surface area contributed by atoms with Crippen LogP contribution in [0.5, 0.6) is 0 Å². The Bertz CT molecular complexity index is 345. The van der Waals surface area contributed by atoms with Crippen LogP contribution in [0.2, 0.25) is 0 Å². The summed E-state index contributed by atoms with van der Waals surface area (Å²) in [5.41, 5.74) is 0.626. The fourth-order valence-electron chi connectivity index (χ4n) is 1.63. The Morgan fingerprint density at radius 1 is 1.53 bits per heavy atom. The summed E-state index contributed by atoms with van der Waals surface area (Å²) in [4.78, 5) is 13.8. The quantitative estimate of drug-likeness (QED) is 0.732. The molecule has 0 bridgehead atoms. The van der Waals surface area contributed by atoms with E-state index in [4.69, 9.17) is 4.42 Å². The lowest BCUT2D eigenvalue weighted by Gasteiger charge is -2.26. The van der Waals surface area contributed by atoms with Crippen molar-refractivity contribution in [2.45, 2.75) is 5.75 Å². The maximum absolute atomic E-state index is 11.9. The highest BCUT2D eigenvalue weighted by Gasteiger charge is 2.19. The van der Waals surface area contributed by atoms with Gasteiger partial charge < -0.3 is 14.6 Å². The number of hydrogen-bond donors (Lipinski definition) is 2. The van der Waals surface area contributed by atoms with Crippen LogP contribution in [-0.2, 0) is 5.75 Å². The minimum atomic E-state index is 0.0493. The number of piperazine rings is 1. The molecule has 1 N–H and O–H groups in total. The summed E-state index contributed by atoms with van der Waals surface area (Å²) in [5, 5.41) is 3.21. The van der Waals surface area contributed by atoms with E-state index in [9.17, 15) is 4.79 Å². The van der Waals surface area contributed by atoms with Crippen molar-refractivity contribution >= 4 is 18.5 Å². The predicted molar refractivity (Wildman–Crippen MR) is 60.2 cm³/mol. The van der Waals surface area contributed by atoms with Crippen molar-refractivity contribution in [2.24, 2.45) is 0 Å². The first kappa shape index (κ1) is 10.6. The molecule has 0 radical (unpaired) electrons. The number of nitrogens with one attached hydrogen (secondary N) is 1. The van der Waals surface area contributed by atoms with Crippen LogP contribution in [0.3, 0.4) is 0 Å². The molecule has 0 atom stereocenters. The number of hydrogen-bond acceptors (Lipinski definition) is 4. The van der Waals surface area contributed by atoms with Gasteiger partial charge in [-0.05, 0) is 6.07 Å². The molecule has 1 saturated heterocycles. The lowest BCUT2D eigenvalue weighted by molar-refractivity contribution is 0.0735. The topological polar surface area (TPSA) is 45.5 Å². The van der Waals surface area contributed by atoms with Crippen molar-refractivity contribution in [2.75, 3.05) is 26.2 Å². The van der Waals surface area contributed by atoms with Crippen LogP contribution in [0, 0.1) is 0 Å². The standard InChI is InChI=1S/C10H14N2O2S/c13-10(12-3-1-11-2-4-12)8-5-9(7-15)14-6-8/h5-6,11,15H,1-4,7H2. The fraction of sp³-hybridized carbons (Fsp3) is 0.500. The van der Waals surface area contributed by atoms with E-state index < -0.39 is 0 Å². The highest BCUT2D eigenvalue weighted by atomic mass is 32.1. The van der Waals surface area contributed by atoms with Gasteiger partial charge in [0.1, 0.15) is 12.0 Å². The molecule has 2 rings (SSSR count). The smallest absolute Gasteiger partial charge is 0.257 e. The molecule has 1 aliphatic rings.